The number of nitrogens with two attached hydrogens (primary N) is 1. The van der Waals surface area contributed by atoms with Gasteiger partial charge >= 0.3 is 5.97 Å². The second kappa shape index (κ2) is 15.5. The fraction of sp³-hybridized carbons (Fsp3) is 0.611. The Morgan fingerprint density at radius 2 is 1.31 bits per heavy atom. The molecule has 0 heterocycles. The number of ether oxygens (including phenoxy) is 5. The summed E-state index contributed by atoms with van der Waals surface area (Å²) in [6.45, 7) is 3.17. The molecule has 0 saturated carbocycles. The second-order valence-corrected chi connectivity index (χ2v) is 9.02. The molecule has 0 aliphatic carbocycles. The van der Waals surface area contributed by atoms with Crippen molar-refractivity contribution in [1.82, 2.24) is 0 Å². The van der Waals surface area contributed by atoms with Crippen molar-refractivity contribution >= 4 is 31.6 Å². The Bertz CT molecular complexity index is 667. The maximum absolute atomic E-state index is 11.7. The minimum atomic E-state index is -2.65. The number of esters is 1. The van der Waals surface area contributed by atoms with Crippen LogP contribution in [0.4, 0.5) is 5.69 Å². The van der Waals surface area contributed by atoms with Crippen molar-refractivity contribution in [3.63, 3.8) is 0 Å². The summed E-state index contributed by atoms with van der Waals surface area (Å²) in [6, 6.07) is 6.51. The van der Waals surface area contributed by atoms with E-state index in [1.165, 1.54) is 7.11 Å². The van der Waals surface area contributed by atoms with Crippen molar-refractivity contribution in [3.05, 3.63) is 29.8 Å². The van der Waals surface area contributed by atoms with Gasteiger partial charge in [-0.25, -0.2) is 9.00 Å². The summed E-state index contributed by atoms with van der Waals surface area (Å²) in [5.74, 6) is -0.231. The van der Waals surface area contributed by atoms with Crippen LogP contribution in [0.5, 0.6) is 0 Å². The van der Waals surface area contributed by atoms with Crippen LogP contribution in [0.25, 0.3) is 0 Å². The molecule has 0 aliphatic rings. The topological polar surface area (TPSA) is 116 Å². The van der Waals surface area contributed by atoms with Gasteiger partial charge in [-0.1, -0.05) is 0 Å². The first kappa shape index (κ1) is 25.7. The van der Waals surface area contributed by atoms with Gasteiger partial charge in [0.05, 0.1) is 71.3 Å². The normalized spacial score (nSPS) is 13.1. The van der Waals surface area contributed by atoms with Crippen LogP contribution in [-0.2, 0) is 47.8 Å². The van der Waals surface area contributed by atoms with Gasteiger partial charge in [0.1, 0.15) is 15.4 Å². The molecule has 0 fully saturated rings. The van der Waals surface area contributed by atoms with Gasteiger partial charge in [0.25, 0.3) is 0 Å². The predicted molar refractivity (Wildman–Crippen MR) is 112 cm³/mol. The van der Waals surface area contributed by atoms with Crippen LogP contribution in [0.1, 0.15) is 10.4 Å². The highest BCUT2D eigenvalue weighted by atomic mass is 32.8. The first-order valence-electron chi connectivity index (χ1n) is 9.06. The van der Waals surface area contributed by atoms with Crippen molar-refractivity contribution in [1.29, 1.82) is 0 Å². The monoisotopic (exact) mass is 451 g/mol. The predicted octanol–water partition coefficient (Wildman–Crippen LogP) is 0.800. The number of carbonyl (C=O) groups excluding carboxylic acids is 1. The Kier molecular flexibility index (Phi) is 13.7. The van der Waals surface area contributed by atoms with E-state index in [4.69, 9.17) is 40.6 Å². The fourth-order valence-corrected chi connectivity index (χ4v) is 2.59. The molecule has 9 nitrogen and oxygen atoms in total. The van der Waals surface area contributed by atoms with E-state index in [1.807, 2.05) is 0 Å². The number of benzene rings is 1. The average Bonchev–Trinajstić information content (AvgIpc) is 2.71. The zero-order chi connectivity index (χ0) is 21.4. The van der Waals surface area contributed by atoms with E-state index in [1.54, 1.807) is 24.3 Å². The van der Waals surface area contributed by atoms with Gasteiger partial charge in [-0.05, 0) is 24.3 Å². The third-order valence-corrected chi connectivity index (χ3v) is 5.54. The van der Waals surface area contributed by atoms with Crippen LogP contribution in [0.2, 0.25) is 0 Å². The number of nitrogen functional groups attached to an aromatic ring is 1. The van der Waals surface area contributed by atoms with Gasteiger partial charge in [-0.2, -0.15) is 0 Å². The molecule has 0 aliphatic heterocycles. The summed E-state index contributed by atoms with van der Waals surface area (Å²) in [6.07, 6.45) is 0. The summed E-state index contributed by atoms with van der Waals surface area (Å²) in [5, 5.41) is 0. The molecule has 0 saturated heterocycles. The average molecular weight is 452 g/mol. The molecule has 29 heavy (non-hydrogen) atoms. The second-order valence-electron chi connectivity index (χ2n) is 5.64. The van der Waals surface area contributed by atoms with Crippen LogP contribution in [0.15, 0.2) is 24.3 Å². The summed E-state index contributed by atoms with van der Waals surface area (Å²) in [5.41, 5.74) is 6.60. The van der Waals surface area contributed by atoms with Gasteiger partial charge < -0.3 is 29.4 Å². The number of anilines is 1. The lowest BCUT2D eigenvalue weighted by Gasteiger charge is -2.08. The Morgan fingerprint density at radius 1 is 0.862 bits per heavy atom. The van der Waals surface area contributed by atoms with Gasteiger partial charge in [0, 0.05) is 16.9 Å². The first-order chi connectivity index (χ1) is 13.9. The lowest BCUT2D eigenvalue weighted by Crippen LogP contribution is -2.16. The SMILES string of the molecule is COS(=O)(=S)CCOCCOCCOCCOCCOC(=O)c1ccc(N)cc1. The minimum absolute atomic E-state index is 0.164. The minimum Gasteiger partial charge on any atom is -0.460 e. The van der Waals surface area contributed by atoms with Crippen molar-refractivity contribution < 1.29 is 36.9 Å². The van der Waals surface area contributed by atoms with Gasteiger partial charge in [0.15, 0.2) is 0 Å². The zero-order valence-electron chi connectivity index (χ0n) is 16.5. The Labute approximate surface area is 176 Å². The largest absolute Gasteiger partial charge is 0.460 e. The highest BCUT2D eigenvalue weighted by molar-refractivity contribution is 8.30. The van der Waals surface area contributed by atoms with Crippen molar-refractivity contribution in [2.75, 3.05) is 78.1 Å². The summed E-state index contributed by atoms with van der Waals surface area (Å²) >= 11 is 4.72. The molecule has 166 valence electrons. The Balaban J connectivity index is 1.83. The summed E-state index contributed by atoms with van der Waals surface area (Å²) in [7, 11) is -1.33. The highest BCUT2D eigenvalue weighted by Gasteiger charge is 2.06. The van der Waals surface area contributed by atoms with Gasteiger partial charge in [0.2, 0.25) is 0 Å². The number of hydrogen-bond acceptors (Lipinski definition) is 10. The molecule has 1 atom stereocenters. The lowest BCUT2D eigenvalue weighted by molar-refractivity contribution is -0.00796. The fourth-order valence-electron chi connectivity index (χ4n) is 1.90. The first-order valence-corrected chi connectivity index (χ1v) is 11.6. The lowest BCUT2D eigenvalue weighted by atomic mass is 10.2. The Hall–Kier alpha value is -1.34. The standard InChI is InChI=1S/C18H29NO8S2/c1-22-29(21,28)15-14-26-11-10-24-7-6-23-8-9-25-12-13-27-18(20)16-2-4-17(19)5-3-16/h2-5H,6-15,19H2,1H3. The molecule has 0 aromatic heterocycles. The molecule has 2 N–H and O–H groups in total. The molecule has 11 heteroatoms. The quantitative estimate of drug-likeness (QED) is 0.207. The summed E-state index contributed by atoms with van der Waals surface area (Å²) in [4.78, 5) is 11.7. The smallest absolute Gasteiger partial charge is 0.338 e. The van der Waals surface area contributed by atoms with Crippen LogP contribution in [-0.4, -0.2) is 82.5 Å². The molecule has 0 radical (unpaired) electrons. The van der Waals surface area contributed by atoms with Gasteiger partial charge in [-0.15, -0.1) is 0 Å². The van der Waals surface area contributed by atoms with E-state index >= 15 is 0 Å². The third-order valence-electron chi connectivity index (χ3n) is 3.45. The van der Waals surface area contributed by atoms with E-state index in [0.29, 0.717) is 50.9 Å². The number of rotatable bonds is 17. The Morgan fingerprint density at radius 3 is 1.79 bits per heavy atom. The molecule has 1 rings (SSSR count). The van der Waals surface area contributed by atoms with E-state index in [2.05, 4.69) is 4.18 Å². The highest BCUT2D eigenvalue weighted by Crippen LogP contribution is 2.06. The maximum atomic E-state index is 11.7. The zero-order valence-corrected chi connectivity index (χ0v) is 18.2. The molecular formula is C18H29NO8S2. The molecule has 0 amide bonds. The van der Waals surface area contributed by atoms with E-state index < -0.39 is 14.7 Å². The van der Waals surface area contributed by atoms with Crippen molar-refractivity contribution in [2.45, 2.75) is 0 Å². The molecule has 1 aromatic carbocycles. The molecule has 1 aromatic rings. The molecule has 1 unspecified atom stereocenters. The van der Waals surface area contributed by atoms with Crippen LogP contribution in [0.3, 0.4) is 0 Å². The molecule has 0 bridgehead atoms. The van der Waals surface area contributed by atoms with Crippen LogP contribution < -0.4 is 5.73 Å². The molecule has 0 spiro atoms. The van der Waals surface area contributed by atoms with Crippen LogP contribution in [0, 0.1) is 0 Å². The van der Waals surface area contributed by atoms with Crippen LogP contribution >= 0.6 is 0 Å². The van der Waals surface area contributed by atoms with E-state index in [9.17, 15) is 9.00 Å². The van der Waals surface area contributed by atoms with Gasteiger partial charge in [-0.3, -0.25) is 4.18 Å². The van der Waals surface area contributed by atoms with Crippen molar-refractivity contribution in [3.8, 4) is 0 Å². The van der Waals surface area contributed by atoms with E-state index in [-0.39, 0.29) is 25.6 Å². The third kappa shape index (κ3) is 13.5. The van der Waals surface area contributed by atoms with Crippen molar-refractivity contribution in [2.24, 2.45) is 0 Å². The number of hydrogen-bond donors (Lipinski definition) is 1. The van der Waals surface area contributed by atoms with E-state index in [0.717, 1.165) is 0 Å². The maximum Gasteiger partial charge on any atom is 0.338 e. The molecular weight excluding hydrogens is 422 g/mol. The summed E-state index contributed by atoms with van der Waals surface area (Å²) < 4.78 is 42.4. The number of carbonyl (C=O) groups is 1.